The summed E-state index contributed by atoms with van der Waals surface area (Å²) in [5.41, 5.74) is 2.31. The molecule has 0 aliphatic carbocycles. The molecule has 2 aromatic carbocycles. The second-order valence-electron chi connectivity index (χ2n) is 7.69. The topological polar surface area (TPSA) is 69.1 Å². The molecular formula is C24H34N4O2. The number of methoxy groups -OCH3 is 1. The SMILES string of the molecule is CCNC(=NCC(O)Cc1ccccc1)NC1CCCN(c2cccc(OC)c2)C1. The first-order valence-corrected chi connectivity index (χ1v) is 10.8. The summed E-state index contributed by atoms with van der Waals surface area (Å²) in [6.07, 6.45) is 2.32. The quantitative estimate of drug-likeness (QED) is 0.461. The Bertz CT molecular complexity index is 797. The summed E-state index contributed by atoms with van der Waals surface area (Å²) in [5, 5.41) is 17.3. The summed E-state index contributed by atoms with van der Waals surface area (Å²) < 4.78 is 5.37. The number of anilines is 1. The van der Waals surface area contributed by atoms with Crippen LogP contribution in [-0.4, -0.2) is 56.5 Å². The van der Waals surface area contributed by atoms with Crippen LogP contribution in [0.15, 0.2) is 59.6 Å². The minimum Gasteiger partial charge on any atom is -0.497 e. The largest absolute Gasteiger partial charge is 0.497 e. The molecule has 1 saturated heterocycles. The van der Waals surface area contributed by atoms with Crippen LogP contribution in [0.3, 0.4) is 0 Å². The summed E-state index contributed by atoms with van der Waals surface area (Å²) >= 11 is 0. The van der Waals surface area contributed by atoms with Crippen LogP contribution in [0.25, 0.3) is 0 Å². The number of nitrogens with one attached hydrogen (secondary N) is 2. The molecule has 3 rings (SSSR count). The number of nitrogens with zero attached hydrogens (tertiary/aromatic N) is 2. The van der Waals surface area contributed by atoms with Gasteiger partial charge in [0.05, 0.1) is 19.8 Å². The Labute approximate surface area is 180 Å². The van der Waals surface area contributed by atoms with Crippen LogP contribution < -0.4 is 20.3 Å². The molecule has 0 spiro atoms. The average molecular weight is 411 g/mol. The number of benzene rings is 2. The molecule has 3 N–H and O–H groups in total. The monoisotopic (exact) mass is 410 g/mol. The fraction of sp³-hybridized carbons (Fsp3) is 0.458. The molecule has 162 valence electrons. The van der Waals surface area contributed by atoms with Crippen molar-refractivity contribution in [2.45, 2.75) is 38.3 Å². The van der Waals surface area contributed by atoms with Crippen LogP contribution in [0.4, 0.5) is 5.69 Å². The first-order chi connectivity index (χ1) is 14.7. The Kier molecular flexibility index (Phi) is 8.39. The molecule has 1 aliphatic rings. The second-order valence-corrected chi connectivity index (χ2v) is 7.69. The number of hydrogen-bond acceptors (Lipinski definition) is 4. The fourth-order valence-corrected chi connectivity index (χ4v) is 3.80. The third kappa shape index (κ3) is 6.66. The average Bonchev–Trinajstić information content (AvgIpc) is 2.78. The van der Waals surface area contributed by atoms with Crippen molar-refractivity contribution >= 4 is 11.6 Å². The van der Waals surface area contributed by atoms with Gasteiger partial charge in [0.1, 0.15) is 5.75 Å². The van der Waals surface area contributed by atoms with Crippen LogP contribution in [-0.2, 0) is 6.42 Å². The molecule has 0 aromatic heterocycles. The van der Waals surface area contributed by atoms with E-state index in [9.17, 15) is 5.11 Å². The molecule has 0 radical (unpaired) electrons. The third-order valence-electron chi connectivity index (χ3n) is 5.30. The summed E-state index contributed by atoms with van der Waals surface area (Å²) in [7, 11) is 1.70. The van der Waals surface area contributed by atoms with Crippen molar-refractivity contribution in [3.05, 3.63) is 60.2 Å². The van der Waals surface area contributed by atoms with Gasteiger partial charge < -0.3 is 25.4 Å². The number of hydrogen-bond donors (Lipinski definition) is 3. The summed E-state index contributed by atoms with van der Waals surface area (Å²) in [6.45, 7) is 5.16. The van der Waals surface area contributed by atoms with E-state index >= 15 is 0 Å². The molecule has 2 aromatic rings. The van der Waals surface area contributed by atoms with Crippen molar-refractivity contribution in [1.29, 1.82) is 0 Å². The van der Waals surface area contributed by atoms with E-state index in [4.69, 9.17) is 4.74 Å². The van der Waals surface area contributed by atoms with Crippen LogP contribution in [0.1, 0.15) is 25.3 Å². The smallest absolute Gasteiger partial charge is 0.191 e. The van der Waals surface area contributed by atoms with E-state index in [1.807, 2.05) is 42.5 Å². The Morgan fingerprint density at radius 2 is 2.07 bits per heavy atom. The van der Waals surface area contributed by atoms with Gasteiger partial charge in [-0.2, -0.15) is 0 Å². The van der Waals surface area contributed by atoms with Crippen molar-refractivity contribution in [2.24, 2.45) is 4.99 Å². The Morgan fingerprint density at radius 3 is 2.83 bits per heavy atom. The van der Waals surface area contributed by atoms with E-state index in [1.54, 1.807) is 7.11 Å². The minimum absolute atomic E-state index is 0.300. The van der Waals surface area contributed by atoms with Crippen LogP contribution in [0, 0.1) is 0 Å². The Hall–Kier alpha value is -2.73. The fourth-order valence-electron chi connectivity index (χ4n) is 3.80. The molecular weight excluding hydrogens is 376 g/mol. The molecule has 6 nitrogen and oxygen atoms in total. The van der Waals surface area contributed by atoms with Gasteiger partial charge in [0.2, 0.25) is 0 Å². The number of ether oxygens (including phenoxy) is 1. The van der Waals surface area contributed by atoms with E-state index in [0.717, 1.165) is 49.7 Å². The highest BCUT2D eigenvalue weighted by Gasteiger charge is 2.21. The highest BCUT2D eigenvalue weighted by atomic mass is 16.5. The van der Waals surface area contributed by atoms with Gasteiger partial charge in [-0.1, -0.05) is 36.4 Å². The van der Waals surface area contributed by atoms with Gasteiger partial charge >= 0.3 is 0 Å². The van der Waals surface area contributed by atoms with Crippen molar-refractivity contribution < 1.29 is 9.84 Å². The molecule has 0 saturated carbocycles. The zero-order valence-corrected chi connectivity index (χ0v) is 18.1. The Balaban J connectivity index is 1.57. The number of rotatable bonds is 8. The Morgan fingerprint density at radius 1 is 1.23 bits per heavy atom. The maximum Gasteiger partial charge on any atom is 0.191 e. The number of guanidine groups is 1. The lowest BCUT2D eigenvalue weighted by atomic mass is 10.0. The molecule has 2 atom stereocenters. The number of aliphatic hydroxyl groups is 1. The lowest BCUT2D eigenvalue weighted by molar-refractivity contribution is 0.183. The van der Waals surface area contributed by atoms with E-state index in [1.165, 1.54) is 5.69 Å². The van der Waals surface area contributed by atoms with Gasteiger partial charge in [0.25, 0.3) is 0 Å². The minimum atomic E-state index is -0.498. The first kappa shape index (κ1) is 22.0. The molecule has 1 fully saturated rings. The third-order valence-corrected chi connectivity index (χ3v) is 5.30. The normalized spacial score (nSPS) is 18.0. The number of piperidine rings is 1. The maximum absolute atomic E-state index is 10.4. The van der Waals surface area contributed by atoms with Gasteiger partial charge in [-0.05, 0) is 37.5 Å². The van der Waals surface area contributed by atoms with Crippen molar-refractivity contribution in [3.63, 3.8) is 0 Å². The molecule has 1 heterocycles. The zero-order valence-electron chi connectivity index (χ0n) is 18.1. The van der Waals surface area contributed by atoms with Crippen molar-refractivity contribution in [1.82, 2.24) is 10.6 Å². The number of aliphatic hydroxyl groups excluding tert-OH is 1. The predicted octanol–water partition coefficient (Wildman–Crippen LogP) is 2.82. The second kappa shape index (κ2) is 11.5. The predicted molar refractivity (Wildman–Crippen MR) is 123 cm³/mol. The van der Waals surface area contributed by atoms with Crippen LogP contribution in [0.2, 0.25) is 0 Å². The van der Waals surface area contributed by atoms with Crippen molar-refractivity contribution in [2.75, 3.05) is 38.2 Å². The van der Waals surface area contributed by atoms with Gasteiger partial charge in [-0.3, -0.25) is 4.99 Å². The molecule has 2 unspecified atom stereocenters. The van der Waals surface area contributed by atoms with Gasteiger partial charge in [0, 0.05) is 43.9 Å². The van der Waals surface area contributed by atoms with Gasteiger partial charge in [-0.15, -0.1) is 0 Å². The molecule has 1 aliphatic heterocycles. The van der Waals surface area contributed by atoms with Crippen LogP contribution >= 0.6 is 0 Å². The summed E-state index contributed by atoms with van der Waals surface area (Å²) in [6, 6.07) is 18.6. The van der Waals surface area contributed by atoms with Crippen molar-refractivity contribution in [3.8, 4) is 5.75 Å². The van der Waals surface area contributed by atoms with E-state index < -0.39 is 6.10 Å². The zero-order chi connectivity index (χ0) is 21.2. The summed E-state index contributed by atoms with van der Waals surface area (Å²) in [5.74, 6) is 1.65. The standard InChI is InChI=1S/C24H34N4O2/c1-3-25-24(26-17-22(29)15-19-9-5-4-6-10-19)27-20-11-8-14-28(18-20)21-12-7-13-23(16-21)30-2/h4-7,9-10,12-13,16,20,22,29H,3,8,11,14-15,17-18H2,1-2H3,(H2,25,26,27). The van der Waals surface area contributed by atoms with E-state index in [0.29, 0.717) is 19.0 Å². The van der Waals surface area contributed by atoms with E-state index in [2.05, 4.69) is 39.6 Å². The molecule has 30 heavy (non-hydrogen) atoms. The molecule has 6 heteroatoms. The highest BCUT2D eigenvalue weighted by molar-refractivity contribution is 5.80. The first-order valence-electron chi connectivity index (χ1n) is 10.8. The summed E-state index contributed by atoms with van der Waals surface area (Å²) in [4.78, 5) is 7.02. The van der Waals surface area contributed by atoms with Crippen LogP contribution in [0.5, 0.6) is 5.75 Å². The van der Waals surface area contributed by atoms with E-state index in [-0.39, 0.29) is 0 Å². The molecule has 0 amide bonds. The lowest BCUT2D eigenvalue weighted by Gasteiger charge is -2.35. The lowest BCUT2D eigenvalue weighted by Crippen LogP contribution is -2.51. The van der Waals surface area contributed by atoms with Gasteiger partial charge in [0.15, 0.2) is 5.96 Å². The highest BCUT2D eigenvalue weighted by Crippen LogP contribution is 2.24. The van der Waals surface area contributed by atoms with Gasteiger partial charge in [-0.25, -0.2) is 0 Å². The number of aliphatic imine (C=N–C) groups is 1. The maximum atomic E-state index is 10.4. The molecule has 0 bridgehead atoms.